The van der Waals surface area contributed by atoms with Gasteiger partial charge in [0.25, 0.3) is 5.69 Å². The van der Waals surface area contributed by atoms with Gasteiger partial charge in [-0.05, 0) is 47.9 Å². The van der Waals surface area contributed by atoms with Crippen molar-refractivity contribution in [3.05, 3.63) is 88.6 Å². The number of hydrogen-bond acceptors (Lipinski definition) is 5. The number of quaternary nitrogens is 1. The molecule has 0 unspecified atom stereocenters. The number of nitro benzene ring substituents is 1. The summed E-state index contributed by atoms with van der Waals surface area (Å²) < 4.78 is 6.18. The molecule has 3 aliphatic heterocycles. The number of nitro groups is 1. The molecule has 184 valence electrons. The average molecular weight is 480 g/mol. The summed E-state index contributed by atoms with van der Waals surface area (Å²) in [4.78, 5) is 15.2. The molecule has 0 aliphatic carbocycles. The predicted octanol–water partition coefficient (Wildman–Crippen LogP) is 1.80. The van der Waals surface area contributed by atoms with Gasteiger partial charge in [0.1, 0.15) is 24.4 Å². The first-order valence-electron chi connectivity index (χ1n) is 11.8. The van der Waals surface area contributed by atoms with E-state index in [2.05, 4.69) is 17.6 Å². The molecule has 1 N–H and O–H groups in total. The average Bonchev–Trinajstić information content (AvgIpc) is 2.87. The van der Waals surface area contributed by atoms with Gasteiger partial charge in [-0.3, -0.25) is 15.1 Å². The molecule has 0 saturated carbocycles. The van der Waals surface area contributed by atoms with Crippen LogP contribution in [0.25, 0.3) is 10.9 Å². The molecule has 0 spiro atoms. The number of nitrogens with zero attached hydrogens (tertiary/aromatic N) is 3. The largest absolute Gasteiger partial charge is 1.00 e. The summed E-state index contributed by atoms with van der Waals surface area (Å²) >= 11 is 0. The number of aromatic nitrogens is 1. The smallest absolute Gasteiger partial charge is 0.269 e. The Morgan fingerprint density at radius 1 is 1.29 bits per heavy atom. The SMILES string of the molecule is C=C[C@H]1C[N@+]2(Cc3ccc([N+](=O)[O-])cc3)CC[C@H]1C[C@H]2[C@H](O)c1ccnc2ccc(OC)cc12.[F-]. The first-order chi connectivity index (χ1) is 16.4. The number of benzene rings is 2. The Morgan fingerprint density at radius 2 is 2.06 bits per heavy atom. The Labute approximate surface area is 203 Å². The third-order valence-corrected chi connectivity index (χ3v) is 7.99. The van der Waals surface area contributed by atoms with Crippen LogP contribution in [0.2, 0.25) is 0 Å². The van der Waals surface area contributed by atoms with E-state index in [-0.39, 0.29) is 21.4 Å². The van der Waals surface area contributed by atoms with Crippen molar-refractivity contribution < 1.29 is 24.0 Å². The van der Waals surface area contributed by atoms with Crippen molar-refractivity contribution >= 4 is 16.6 Å². The summed E-state index contributed by atoms with van der Waals surface area (Å²) in [5.74, 6) is 1.65. The number of pyridine rings is 1. The van der Waals surface area contributed by atoms with E-state index in [1.807, 2.05) is 36.4 Å². The second-order valence-electron chi connectivity index (χ2n) is 9.69. The molecule has 0 radical (unpaired) electrons. The van der Waals surface area contributed by atoms with Gasteiger partial charge in [0.2, 0.25) is 0 Å². The molecule has 5 atom stereocenters. The van der Waals surface area contributed by atoms with E-state index in [4.69, 9.17) is 4.74 Å². The number of methoxy groups -OCH3 is 1. The van der Waals surface area contributed by atoms with Gasteiger partial charge in [0.05, 0.1) is 30.6 Å². The number of non-ortho nitro benzene ring substituents is 1. The number of hydrogen-bond donors (Lipinski definition) is 1. The monoisotopic (exact) mass is 479 g/mol. The highest BCUT2D eigenvalue weighted by Crippen LogP contribution is 2.48. The second-order valence-corrected chi connectivity index (χ2v) is 9.69. The number of halogens is 1. The molecule has 2 bridgehead atoms. The molecule has 3 aromatic rings. The van der Waals surface area contributed by atoms with Crippen LogP contribution in [0.4, 0.5) is 5.69 Å². The van der Waals surface area contributed by atoms with Crippen molar-refractivity contribution in [1.82, 2.24) is 4.98 Å². The van der Waals surface area contributed by atoms with Gasteiger partial charge >= 0.3 is 0 Å². The molecule has 0 amide bonds. The highest BCUT2D eigenvalue weighted by atomic mass is 19.0. The van der Waals surface area contributed by atoms with E-state index >= 15 is 0 Å². The van der Waals surface area contributed by atoms with Crippen LogP contribution in [0, 0.1) is 22.0 Å². The molecule has 3 aliphatic rings. The third kappa shape index (κ3) is 4.39. The zero-order valence-electron chi connectivity index (χ0n) is 19.7. The van der Waals surface area contributed by atoms with Crippen LogP contribution < -0.4 is 9.44 Å². The Hall–Kier alpha value is -3.36. The third-order valence-electron chi connectivity index (χ3n) is 7.99. The van der Waals surface area contributed by atoms with Crippen molar-refractivity contribution in [2.75, 3.05) is 20.2 Å². The highest BCUT2D eigenvalue weighted by Gasteiger charge is 2.54. The predicted molar refractivity (Wildman–Crippen MR) is 130 cm³/mol. The summed E-state index contributed by atoms with van der Waals surface area (Å²) in [7, 11) is 1.64. The number of aliphatic hydroxyl groups excluding tert-OH is 1. The van der Waals surface area contributed by atoms with Crippen molar-refractivity contribution in [2.45, 2.75) is 31.5 Å². The van der Waals surface area contributed by atoms with E-state index in [1.165, 1.54) is 0 Å². The maximum atomic E-state index is 11.8. The second kappa shape index (κ2) is 9.71. The molecule has 1 aromatic heterocycles. The quantitative estimate of drug-likeness (QED) is 0.242. The number of rotatable bonds is 7. The minimum absolute atomic E-state index is 0. The molecule has 3 fully saturated rings. The lowest BCUT2D eigenvalue weighted by Crippen LogP contribution is -3.00. The zero-order chi connectivity index (χ0) is 23.9. The number of fused-ring (bicyclic) bond motifs is 4. The van der Waals surface area contributed by atoms with Gasteiger partial charge in [-0.2, -0.15) is 0 Å². The molecule has 4 heterocycles. The molecule has 2 aromatic carbocycles. The topological polar surface area (TPSA) is 85.5 Å². The van der Waals surface area contributed by atoms with Crippen LogP contribution >= 0.6 is 0 Å². The fourth-order valence-electron chi connectivity index (χ4n) is 6.21. The lowest BCUT2D eigenvalue weighted by Gasteiger charge is -2.58. The van der Waals surface area contributed by atoms with Gasteiger partial charge in [0.15, 0.2) is 0 Å². The molecular weight excluding hydrogens is 449 g/mol. The van der Waals surface area contributed by atoms with E-state index in [0.29, 0.717) is 11.8 Å². The maximum absolute atomic E-state index is 11.8. The van der Waals surface area contributed by atoms with E-state index in [9.17, 15) is 15.2 Å². The molecule has 35 heavy (non-hydrogen) atoms. The van der Waals surface area contributed by atoms with E-state index < -0.39 is 6.10 Å². The van der Waals surface area contributed by atoms with Gasteiger partial charge in [-0.1, -0.05) is 6.08 Å². The summed E-state index contributed by atoms with van der Waals surface area (Å²) in [5.41, 5.74) is 2.85. The number of aliphatic hydroxyl groups is 1. The number of ether oxygens (including phenoxy) is 1. The van der Waals surface area contributed by atoms with Crippen molar-refractivity contribution in [2.24, 2.45) is 11.8 Å². The summed E-state index contributed by atoms with van der Waals surface area (Å²) in [6.45, 7) is 6.70. The molecule has 8 heteroatoms. The van der Waals surface area contributed by atoms with Gasteiger partial charge in [-0.25, -0.2) is 0 Å². The Bertz CT molecular complexity index is 1230. The fourth-order valence-corrected chi connectivity index (χ4v) is 6.21. The maximum Gasteiger partial charge on any atom is 0.269 e. The van der Waals surface area contributed by atoms with Gasteiger partial charge in [-0.15, -0.1) is 6.58 Å². The van der Waals surface area contributed by atoms with Crippen molar-refractivity contribution in [3.8, 4) is 5.75 Å². The first kappa shape index (κ1) is 24.8. The molecule has 7 nitrogen and oxygen atoms in total. The van der Waals surface area contributed by atoms with Crippen LogP contribution in [0.5, 0.6) is 5.75 Å². The minimum atomic E-state index is -0.663. The fraction of sp³-hybridized carbons (Fsp3) is 0.370. The highest BCUT2D eigenvalue weighted by molar-refractivity contribution is 5.83. The Morgan fingerprint density at radius 3 is 2.74 bits per heavy atom. The lowest BCUT2D eigenvalue weighted by atomic mass is 9.71. The zero-order valence-corrected chi connectivity index (χ0v) is 19.7. The van der Waals surface area contributed by atoms with Crippen molar-refractivity contribution in [3.63, 3.8) is 0 Å². The molecule has 3 saturated heterocycles. The van der Waals surface area contributed by atoms with Crippen LogP contribution in [0.1, 0.15) is 30.1 Å². The lowest BCUT2D eigenvalue weighted by molar-refractivity contribution is -0.984. The Balaban J connectivity index is 0.00000289. The molecule has 6 rings (SSSR count). The van der Waals surface area contributed by atoms with Crippen LogP contribution in [-0.4, -0.2) is 45.7 Å². The standard InChI is InChI=1S/C27H30N3O4.FH/c1-3-19-17-30(16-18-4-6-21(7-5-18)29(32)33)13-11-20(19)14-26(30)27(31)23-10-12-28-25-9-8-22(34-2)15-24(23)25;/h3-10,12,15,19-20,26-27,31H,1,11,13-14,16-17H2,2H3;1H/q+1;/p-1/t19-,20-,26-,27+,30+;/m0./s1. The Kier molecular flexibility index (Phi) is 6.87. The minimum Gasteiger partial charge on any atom is -1.00 e. The summed E-state index contributed by atoms with van der Waals surface area (Å²) in [6.07, 6.45) is 5.18. The van der Waals surface area contributed by atoms with Crippen LogP contribution in [-0.2, 0) is 6.54 Å². The van der Waals surface area contributed by atoms with Crippen LogP contribution in [0.15, 0.2) is 67.4 Å². The van der Waals surface area contributed by atoms with Crippen molar-refractivity contribution in [1.29, 1.82) is 0 Å². The van der Waals surface area contributed by atoms with Crippen LogP contribution in [0.3, 0.4) is 0 Å². The summed E-state index contributed by atoms with van der Waals surface area (Å²) in [5, 5.41) is 23.9. The molecular formula is C27H30FN3O4. The normalized spacial score (nSPS) is 26.1. The van der Waals surface area contributed by atoms with Gasteiger partial charge in [0, 0.05) is 48.0 Å². The van der Waals surface area contributed by atoms with Gasteiger partial charge < -0.3 is 19.0 Å². The summed E-state index contributed by atoms with van der Waals surface area (Å²) in [6, 6.07) is 14.5. The van der Waals surface area contributed by atoms with E-state index in [1.54, 1.807) is 25.4 Å². The van der Waals surface area contributed by atoms with E-state index in [0.717, 1.165) is 64.7 Å². The first-order valence-corrected chi connectivity index (χ1v) is 11.8. The number of piperidine rings is 3.